The van der Waals surface area contributed by atoms with E-state index in [0.29, 0.717) is 11.3 Å². The van der Waals surface area contributed by atoms with E-state index in [2.05, 4.69) is 20.8 Å². The molecule has 0 saturated heterocycles. The molecule has 0 fully saturated rings. The molecule has 15 heavy (non-hydrogen) atoms. The van der Waals surface area contributed by atoms with E-state index in [-0.39, 0.29) is 0 Å². The first-order valence-corrected chi connectivity index (χ1v) is 7.13. The van der Waals surface area contributed by atoms with Crippen LogP contribution >= 0.6 is 11.6 Å². The van der Waals surface area contributed by atoms with Gasteiger partial charge in [0.25, 0.3) is 0 Å². The minimum absolute atomic E-state index is 0.297. The zero-order valence-electron chi connectivity index (χ0n) is 10.6. The van der Waals surface area contributed by atoms with Crippen LogP contribution in [-0.2, 0) is 0 Å². The highest BCUT2D eigenvalue weighted by molar-refractivity contribution is 6.20. The van der Waals surface area contributed by atoms with Crippen molar-refractivity contribution in [1.82, 2.24) is 0 Å². The van der Waals surface area contributed by atoms with Crippen molar-refractivity contribution in [2.45, 2.75) is 77.0 Å². The average molecular weight is 232 g/mol. The molecule has 1 radical (unpaired) electrons. The van der Waals surface area contributed by atoms with E-state index >= 15 is 0 Å². The van der Waals surface area contributed by atoms with Gasteiger partial charge in [0.2, 0.25) is 0 Å². The third kappa shape index (κ3) is 9.23. The van der Waals surface area contributed by atoms with Gasteiger partial charge in [0, 0.05) is 5.38 Å². The molecule has 0 aromatic carbocycles. The molecule has 0 amide bonds. The Morgan fingerprint density at radius 1 is 0.933 bits per heavy atom. The normalized spacial score (nSPS) is 15.2. The van der Waals surface area contributed by atoms with Crippen LogP contribution in [0.25, 0.3) is 0 Å². The van der Waals surface area contributed by atoms with Crippen LogP contribution in [-0.4, -0.2) is 5.38 Å². The highest BCUT2D eigenvalue weighted by Gasteiger charge is 2.11. The summed E-state index contributed by atoms with van der Waals surface area (Å²) in [6, 6.07) is 0. The molecule has 0 aliphatic rings. The van der Waals surface area contributed by atoms with Gasteiger partial charge < -0.3 is 0 Å². The first kappa shape index (κ1) is 15.3. The SMILES string of the molecule is [CH2]C(CC)C(Cl)CCCCCCCCC. The van der Waals surface area contributed by atoms with Gasteiger partial charge in [-0.3, -0.25) is 0 Å². The van der Waals surface area contributed by atoms with E-state index in [0.717, 1.165) is 12.8 Å². The van der Waals surface area contributed by atoms with Crippen LogP contribution in [0.2, 0.25) is 0 Å². The van der Waals surface area contributed by atoms with Crippen molar-refractivity contribution in [1.29, 1.82) is 0 Å². The topological polar surface area (TPSA) is 0 Å². The van der Waals surface area contributed by atoms with E-state index < -0.39 is 0 Å². The molecular weight excluding hydrogens is 204 g/mol. The fourth-order valence-electron chi connectivity index (χ4n) is 1.79. The second-order valence-electron chi connectivity index (χ2n) is 4.59. The Morgan fingerprint density at radius 3 is 2.00 bits per heavy atom. The van der Waals surface area contributed by atoms with Gasteiger partial charge in [-0.25, -0.2) is 0 Å². The standard InChI is InChI=1S/C14H28Cl/c1-4-6-7-8-9-10-11-12-14(15)13(3)5-2/h13-14H,3-12H2,1-2H3. The van der Waals surface area contributed by atoms with E-state index in [9.17, 15) is 0 Å². The largest absolute Gasteiger partial charge is 0.123 e. The van der Waals surface area contributed by atoms with Crippen LogP contribution in [0.4, 0.5) is 0 Å². The number of hydrogen-bond donors (Lipinski definition) is 0. The fraction of sp³-hybridized carbons (Fsp3) is 0.929. The third-order valence-electron chi connectivity index (χ3n) is 3.12. The Kier molecular flexibility index (Phi) is 11.0. The summed E-state index contributed by atoms with van der Waals surface area (Å²) in [5.41, 5.74) is 0. The molecule has 0 saturated carbocycles. The first-order chi connectivity index (χ1) is 7.22. The minimum Gasteiger partial charge on any atom is -0.123 e. The van der Waals surface area contributed by atoms with Crippen LogP contribution < -0.4 is 0 Å². The van der Waals surface area contributed by atoms with Crippen molar-refractivity contribution in [2.75, 3.05) is 0 Å². The van der Waals surface area contributed by atoms with Crippen molar-refractivity contribution in [3.63, 3.8) is 0 Å². The minimum atomic E-state index is 0.297. The molecule has 2 atom stereocenters. The summed E-state index contributed by atoms with van der Waals surface area (Å²) < 4.78 is 0. The van der Waals surface area contributed by atoms with Crippen LogP contribution in [0.15, 0.2) is 0 Å². The average Bonchev–Trinajstić information content (AvgIpc) is 2.26. The molecule has 0 aliphatic carbocycles. The molecule has 0 spiro atoms. The van der Waals surface area contributed by atoms with Gasteiger partial charge >= 0.3 is 0 Å². The predicted molar refractivity (Wildman–Crippen MR) is 71.4 cm³/mol. The number of alkyl halides is 1. The molecule has 1 heteroatoms. The Hall–Kier alpha value is 0.290. The van der Waals surface area contributed by atoms with Crippen molar-refractivity contribution in [2.24, 2.45) is 5.92 Å². The second kappa shape index (κ2) is 10.8. The van der Waals surface area contributed by atoms with Gasteiger partial charge in [0.05, 0.1) is 0 Å². The van der Waals surface area contributed by atoms with Gasteiger partial charge in [-0.2, -0.15) is 0 Å². The lowest BCUT2D eigenvalue weighted by Gasteiger charge is -2.15. The Bertz CT molecular complexity index is 123. The maximum Gasteiger partial charge on any atom is 0.0364 e. The van der Waals surface area contributed by atoms with Gasteiger partial charge in [-0.05, 0) is 19.3 Å². The van der Waals surface area contributed by atoms with E-state index in [4.69, 9.17) is 11.6 Å². The smallest absolute Gasteiger partial charge is 0.0364 e. The molecule has 0 rings (SSSR count). The summed E-state index contributed by atoms with van der Waals surface area (Å²) in [7, 11) is 0. The lowest BCUT2D eigenvalue weighted by molar-refractivity contribution is 0.509. The summed E-state index contributed by atoms with van der Waals surface area (Å²) in [6.07, 6.45) is 11.8. The van der Waals surface area contributed by atoms with Crippen molar-refractivity contribution in [3.05, 3.63) is 6.92 Å². The van der Waals surface area contributed by atoms with Crippen LogP contribution in [0, 0.1) is 12.8 Å². The summed E-state index contributed by atoms with van der Waals surface area (Å²) in [5.74, 6) is 0.437. The van der Waals surface area contributed by atoms with E-state index in [1.165, 1.54) is 44.9 Å². The Labute approximate surface area is 102 Å². The number of rotatable bonds is 10. The maximum absolute atomic E-state index is 6.23. The van der Waals surface area contributed by atoms with E-state index in [1.807, 2.05) is 0 Å². The number of halogens is 1. The molecule has 91 valence electrons. The van der Waals surface area contributed by atoms with Crippen molar-refractivity contribution < 1.29 is 0 Å². The van der Waals surface area contributed by atoms with Crippen molar-refractivity contribution >= 4 is 11.6 Å². The highest BCUT2D eigenvalue weighted by Crippen LogP contribution is 2.20. The van der Waals surface area contributed by atoms with Crippen molar-refractivity contribution in [3.8, 4) is 0 Å². The Morgan fingerprint density at radius 2 is 1.47 bits per heavy atom. The molecule has 2 unspecified atom stereocenters. The molecule has 0 aliphatic heterocycles. The van der Waals surface area contributed by atoms with Gasteiger partial charge in [-0.1, -0.05) is 65.2 Å². The monoisotopic (exact) mass is 231 g/mol. The van der Waals surface area contributed by atoms with Crippen LogP contribution in [0.3, 0.4) is 0 Å². The summed E-state index contributed by atoms with van der Waals surface area (Å²) in [6.45, 7) is 8.49. The molecular formula is C14H28Cl. The summed E-state index contributed by atoms with van der Waals surface area (Å²) >= 11 is 6.23. The first-order valence-electron chi connectivity index (χ1n) is 6.69. The number of hydrogen-bond acceptors (Lipinski definition) is 0. The lowest BCUT2D eigenvalue weighted by atomic mass is 9.99. The quantitative estimate of drug-likeness (QED) is 0.339. The zero-order valence-corrected chi connectivity index (χ0v) is 11.4. The molecule has 0 nitrogen and oxygen atoms in total. The zero-order chi connectivity index (χ0) is 11.5. The lowest BCUT2D eigenvalue weighted by Crippen LogP contribution is -2.10. The fourth-order valence-corrected chi connectivity index (χ4v) is 2.12. The molecule has 0 bridgehead atoms. The molecule has 0 aromatic heterocycles. The molecule has 0 aromatic rings. The number of unbranched alkanes of at least 4 members (excludes halogenated alkanes) is 6. The highest BCUT2D eigenvalue weighted by atomic mass is 35.5. The third-order valence-corrected chi connectivity index (χ3v) is 3.69. The molecule has 0 N–H and O–H groups in total. The van der Waals surface area contributed by atoms with Crippen LogP contribution in [0.5, 0.6) is 0 Å². The Balaban J connectivity index is 3.16. The molecule has 0 heterocycles. The van der Waals surface area contributed by atoms with Gasteiger partial charge in [0.1, 0.15) is 0 Å². The predicted octanol–water partition coefficient (Wildman–Crippen LogP) is 5.59. The van der Waals surface area contributed by atoms with E-state index in [1.54, 1.807) is 0 Å². The van der Waals surface area contributed by atoms with Crippen LogP contribution in [0.1, 0.15) is 71.6 Å². The second-order valence-corrected chi connectivity index (χ2v) is 5.15. The van der Waals surface area contributed by atoms with Gasteiger partial charge in [0.15, 0.2) is 0 Å². The summed E-state index contributed by atoms with van der Waals surface area (Å²) in [5, 5.41) is 0.297. The maximum atomic E-state index is 6.23. The van der Waals surface area contributed by atoms with Gasteiger partial charge in [-0.15, -0.1) is 11.6 Å². The summed E-state index contributed by atoms with van der Waals surface area (Å²) in [4.78, 5) is 0.